The third kappa shape index (κ3) is 5.09. The van der Waals surface area contributed by atoms with E-state index in [4.69, 9.17) is 11.6 Å². The maximum Gasteiger partial charge on any atom is 0.226 e. The maximum absolute atomic E-state index is 11.7. The van der Waals surface area contributed by atoms with Gasteiger partial charge in [-0.1, -0.05) is 23.7 Å². The summed E-state index contributed by atoms with van der Waals surface area (Å²) in [6, 6.07) is 6.06. The average Bonchev–Trinajstić information content (AvgIpc) is 2.90. The topological polar surface area (TPSA) is 54.0 Å². The monoisotopic (exact) mass is 337 g/mol. The number of rotatable bonds is 7. The lowest BCUT2D eigenvalue weighted by Crippen LogP contribution is -2.14. The average molecular weight is 338 g/mol. The predicted molar refractivity (Wildman–Crippen MR) is 92.9 cm³/mol. The number of nitrogens with one attached hydrogen (secondary N) is 2. The number of halogens is 1. The van der Waals surface area contributed by atoms with Crippen molar-refractivity contribution in [3.63, 3.8) is 0 Å². The SMILES string of the molecule is CNCCCC(=O)Nc1ncc(Cc2ccc(C)c(Cl)c2)s1. The van der Waals surface area contributed by atoms with Crippen LogP contribution in [0.4, 0.5) is 5.13 Å². The third-order valence-electron chi connectivity index (χ3n) is 3.25. The number of hydrogen-bond acceptors (Lipinski definition) is 4. The molecule has 1 aromatic carbocycles. The third-order valence-corrected chi connectivity index (χ3v) is 4.57. The number of hydrogen-bond donors (Lipinski definition) is 2. The zero-order chi connectivity index (χ0) is 15.9. The van der Waals surface area contributed by atoms with Gasteiger partial charge < -0.3 is 10.6 Å². The fraction of sp³-hybridized carbons (Fsp3) is 0.375. The van der Waals surface area contributed by atoms with E-state index in [-0.39, 0.29) is 5.91 Å². The molecule has 118 valence electrons. The van der Waals surface area contributed by atoms with E-state index in [0.29, 0.717) is 11.6 Å². The van der Waals surface area contributed by atoms with Crippen molar-refractivity contribution in [2.75, 3.05) is 18.9 Å². The van der Waals surface area contributed by atoms with E-state index in [1.807, 2.05) is 32.3 Å². The highest BCUT2D eigenvalue weighted by molar-refractivity contribution is 7.15. The van der Waals surface area contributed by atoms with E-state index in [9.17, 15) is 4.79 Å². The van der Waals surface area contributed by atoms with Crippen molar-refractivity contribution >= 4 is 34.0 Å². The smallest absolute Gasteiger partial charge is 0.226 e. The molecule has 0 fully saturated rings. The van der Waals surface area contributed by atoms with Crippen molar-refractivity contribution in [1.82, 2.24) is 10.3 Å². The van der Waals surface area contributed by atoms with Crippen molar-refractivity contribution in [3.05, 3.63) is 45.4 Å². The lowest BCUT2D eigenvalue weighted by molar-refractivity contribution is -0.116. The first kappa shape index (κ1) is 16.9. The molecule has 0 aliphatic heterocycles. The summed E-state index contributed by atoms with van der Waals surface area (Å²) in [4.78, 5) is 17.1. The van der Waals surface area contributed by atoms with Crippen LogP contribution in [0.3, 0.4) is 0 Å². The van der Waals surface area contributed by atoms with Gasteiger partial charge in [0.05, 0.1) is 0 Å². The first-order valence-corrected chi connectivity index (χ1v) is 8.42. The first-order valence-electron chi connectivity index (χ1n) is 7.22. The van der Waals surface area contributed by atoms with Gasteiger partial charge in [0.25, 0.3) is 0 Å². The molecule has 2 rings (SSSR count). The summed E-state index contributed by atoms with van der Waals surface area (Å²) in [5.41, 5.74) is 2.22. The molecule has 0 saturated heterocycles. The van der Waals surface area contributed by atoms with Crippen LogP contribution >= 0.6 is 22.9 Å². The van der Waals surface area contributed by atoms with Crippen LogP contribution in [0, 0.1) is 6.92 Å². The fourth-order valence-corrected chi connectivity index (χ4v) is 3.07. The van der Waals surface area contributed by atoms with Crippen LogP contribution in [0.15, 0.2) is 24.4 Å². The van der Waals surface area contributed by atoms with Crippen LogP contribution in [-0.2, 0) is 11.2 Å². The molecular weight excluding hydrogens is 318 g/mol. The molecule has 0 bridgehead atoms. The molecular formula is C16H20ClN3OS. The molecule has 0 radical (unpaired) electrons. The number of nitrogens with zero attached hydrogens (tertiary/aromatic N) is 1. The first-order chi connectivity index (χ1) is 10.6. The Morgan fingerprint density at radius 2 is 2.23 bits per heavy atom. The Morgan fingerprint density at radius 3 is 2.95 bits per heavy atom. The number of amides is 1. The summed E-state index contributed by atoms with van der Waals surface area (Å²) in [6.07, 6.45) is 3.90. The van der Waals surface area contributed by atoms with Gasteiger partial charge in [-0.3, -0.25) is 4.79 Å². The molecule has 0 aliphatic rings. The van der Waals surface area contributed by atoms with Crippen molar-refractivity contribution in [3.8, 4) is 0 Å². The Bertz CT molecular complexity index is 642. The summed E-state index contributed by atoms with van der Waals surface area (Å²) in [5, 5.41) is 7.30. The molecule has 1 heterocycles. The molecule has 0 aliphatic carbocycles. The van der Waals surface area contributed by atoms with E-state index >= 15 is 0 Å². The highest BCUT2D eigenvalue weighted by Gasteiger charge is 2.07. The lowest BCUT2D eigenvalue weighted by Gasteiger charge is -2.02. The molecule has 0 unspecified atom stereocenters. The molecule has 0 atom stereocenters. The van der Waals surface area contributed by atoms with Gasteiger partial charge in [0.2, 0.25) is 5.91 Å². The van der Waals surface area contributed by atoms with E-state index in [1.54, 1.807) is 0 Å². The quantitative estimate of drug-likeness (QED) is 0.758. The van der Waals surface area contributed by atoms with Crippen LogP contribution < -0.4 is 10.6 Å². The normalized spacial score (nSPS) is 10.7. The second kappa shape index (κ2) is 8.27. The number of thiazole rings is 1. The standard InChI is InChI=1S/C16H20ClN3OS/c1-11-5-6-12(9-14(11)17)8-13-10-19-16(22-13)20-15(21)4-3-7-18-2/h5-6,9-10,18H,3-4,7-8H2,1-2H3,(H,19,20,21). The highest BCUT2D eigenvalue weighted by Crippen LogP contribution is 2.24. The zero-order valence-corrected chi connectivity index (χ0v) is 14.4. The van der Waals surface area contributed by atoms with Gasteiger partial charge >= 0.3 is 0 Å². The molecule has 1 aromatic heterocycles. The van der Waals surface area contributed by atoms with Crippen LogP contribution in [-0.4, -0.2) is 24.5 Å². The number of benzene rings is 1. The Kier molecular flexibility index (Phi) is 6.36. The van der Waals surface area contributed by atoms with Crippen molar-refractivity contribution < 1.29 is 4.79 Å². The second-order valence-electron chi connectivity index (χ2n) is 5.15. The van der Waals surface area contributed by atoms with Gasteiger partial charge in [-0.15, -0.1) is 11.3 Å². The minimum atomic E-state index is 0.00882. The van der Waals surface area contributed by atoms with Gasteiger partial charge in [0, 0.05) is 28.9 Å². The zero-order valence-electron chi connectivity index (χ0n) is 12.8. The van der Waals surface area contributed by atoms with Gasteiger partial charge in [-0.25, -0.2) is 4.98 Å². The van der Waals surface area contributed by atoms with Crippen LogP contribution in [0.25, 0.3) is 0 Å². The second-order valence-corrected chi connectivity index (χ2v) is 6.67. The van der Waals surface area contributed by atoms with Gasteiger partial charge in [0.1, 0.15) is 0 Å². The van der Waals surface area contributed by atoms with Crippen molar-refractivity contribution in [2.45, 2.75) is 26.2 Å². The molecule has 6 heteroatoms. The predicted octanol–water partition coefficient (Wildman–Crippen LogP) is 3.63. The minimum absolute atomic E-state index is 0.00882. The molecule has 4 nitrogen and oxygen atoms in total. The Hall–Kier alpha value is -1.43. The van der Waals surface area contributed by atoms with Gasteiger partial charge in [-0.2, -0.15) is 0 Å². The Labute approximate surface area is 139 Å². The fourth-order valence-electron chi connectivity index (χ4n) is 2.00. The summed E-state index contributed by atoms with van der Waals surface area (Å²) in [7, 11) is 1.88. The molecule has 1 amide bonds. The van der Waals surface area contributed by atoms with Gasteiger partial charge in [-0.05, 0) is 44.1 Å². The number of aromatic nitrogens is 1. The Morgan fingerprint density at radius 1 is 1.41 bits per heavy atom. The molecule has 2 N–H and O–H groups in total. The number of aryl methyl sites for hydroxylation is 1. The van der Waals surface area contributed by atoms with Crippen LogP contribution in [0.5, 0.6) is 0 Å². The number of carbonyl (C=O) groups excluding carboxylic acids is 1. The molecule has 2 aromatic rings. The molecule has 0 spiro atoms. The van der Waals surface area contributed by atoms with Crippen molar-refractivity contribution in [1.29, 1.82) is 0 Å². The van der Waals surface area contributed by atoms with E-state index in [0.717, 1.165) is 40.4 Å². The molecule has 0 saturated carbocycles. The van der Waals surface area contributed by atoms with Crippen LogP contribution in [0.1, 0.15) is 28.8 Å². The summed E-state index contributed by atoms with van der Waals surface area (Å²) in [5.74, 6) is 0.00882. The largest absolute Gasteiger partial charge is 0.320 e. The Balaban J connectivity index is 1.90. The summed E-state index contributed by atoms with van der Waals surface area (Å²) in [6.45, 7) is 2.82. The molecule has 22 heavy (non-hydrogen) atoms. The maximum atomic E-state index is 11.7. The number of anilines is 1. The van der Waals surface area contributed by atoms with E-state index in [1.165, 1.54) is 11.3 Å². The summed E-state index contributed by atoms with van der Waals surface area (Å²) >= 11 is 7.64. The number of carbonyl (C=O) groups is 1. The van der Waals surface area contributed by atoms with E-state index < -0.39 is 0 Å². The summed E-state index contributed by atoms with van der Waals surface area (Å²) < 4.78 is 0. The van der Waals surface area contributed by atoms with Gasteiger partial charge in [0.15, 0.2) is 5.13 Å². The minimum Gasteiger partial charge on any atom is -0.320 e. The van der Waals surface area contributed by atoms with Crippen molar-refractivity contribution in [2.24, 2.45) is 0 Å². The van der Waals surface area contributed by atoms with Crippen LogP contribution in [0.2, 0.25) is 5.02 Å². The highest BCUT2D eigenvalue weighted by atomic mass is 35.5. The van der Waals surface area contributed by atoms with E-state index in [2.05, 4.69) is 21.7 Å². The lowest BCUT2D eigenvalue weighted by atomic mass is 10.1.